The van der Waals surface area contributed by atoms with Crippen LogP contribution in [0.3, 0.4) is 0 Å². The van der Waals surface area contributed by atoms with Gasteiger partial charge in [0.2, 0.25) is 0 Å². The Morgan fingerprint density at radius 2 is 2.20 bits per heavy atom. The minimum atomic E-state index is -0.566. The van der Waals surface area contributed by atoms with Crippen molar-refractivity contribution in [2.24, 2.45) is 11.1 Å². The Morgan fingerprint density at radius 1 is 1.40 bits per heavy atom. The summed E-state index contributed by atoms with van der Waals surface area (Å²) >= 11 is 3.36. The van der Waals surface area contributed by atoms with Gasteiger partial charge in [0.15, 0.2) is 11.5 Å². The molecule has 11 heteroatoms. The van der Waals surface area contributed by atoms with Gasteiger partial charge in [0.1, 0.15) is 10.4 Å². The topological polar surface area (TPSA) is 119 Å². The number of carbonyl (C=O) groups excluding carboxylic acids is 1. The first-order valence-electron chi connectivity index (χ1n) is 9.35. The van der Waals surface area contributed by atoms with Crippen LogP contribution >= 0.6 is 15.9 Å². The molecule has 154 valence electrons. The summed E-state index contributed by atoms with van der Waals surface area (Å²) in [5.41, 5.74) is 6.32. The van der Waals surface area contributed by atoms with Crippen molar-refractivity contribution in [3.63, 3.8) is 0 Å². The van der Waals surface area contributed by atoms with Crippen LogP contribution in [-0.2, 0) is 0 Å². The number of nitrogens with one attached hydrogen (secondary N) is 1. The van der Waals surface area contributed by atoms with E-state index in [1.54, 1.807) is 16.6 Å². The molecule has 3 aromatic heterocycles. The zero-order chi connectivity index (χ0) is 21.5. The van der Waals surface area contributed by atoms with Gasteiger partial charge in [-0.15, -0.1) is 0 Å². The van der Waals surface area contributed by atoms with Crippen LogP contribution in [0, 0.1) is 12.0 Å². The second-order valence-electron chi connectivity index (χ2n) is 7.88. The number of carbonyl (C=O) groups is 1. The maximum atomic E-state index is 12.0. The zero-order valence-electron chi connectivity index (χ0n) is 16.5. The van der Waals surface area contributed by atoms with Crippen molar-refractivity contribution in [3.8, 4) is 0 Å². The summed E-state index contributed by atoms with van der Waals surface area (Å²) in [6.45, 7) is 12.8. The summed E-state index contributed by atoms with van der Waals surface area (Å²) in [5.74, 6) is 0.990. The second-order valence-corrected chi connectivity index (χ2v) is 8.69. The molecule has 1 aliphatic heterocycles. The molecule has 0 bridgehead atoms. The van der Waals surface area contributed by atoms with E-state index in [4.69, 9.17) is 12.3 Å². The molecule has 0 unspecified atom stereocenters. The predicted octanol–water partition coefficient (Wildman–Crippen LogP) is 2.65. The highest BCUT2D eigenvalue weighted by atomic mass is 79.9. The molecular formula is C19H20BrN9O. The fraction of sp³-hybridized carbons (Fsp3) is 0.368. The lowest BCUT2D eigenvalue weighted by Gasteiger charge is -2.45. The number of primary amides is 1. The van der Waals surface area contributed by atoms with Gasteiger partial charge >= 0.3 is 0 Å². The quantitative estimate of drug-likeness (QED) is 0.563. The first kappa shape index (κ1) is 20.0. The molecule has 0 spiro atoms. The number of rotatable bonds is 4. The summed E-state index contributed by atoms with van der Waals surface area (Å²) in [6, 6.07) is 5.32. The van der Waals surface area contributed by atoms with E-state index in [2.05, 4.69) is 65.1 Å². The van der Waals surface area contributed by atoms with Crippen molar-refractivity contribution in [1.29, 1.82) is 0 Å². The van der Waals surface area contributed by atoms with Gasteiger partial charge in [-0.05, 0) is 44.7 Å². The molecule has 0 saturated carbocycles. The second kappa shape index (κ2) is 7.53. The normalized spacial score (nSPS) is 18.2. The van der Waals surface area contributed by atoms with Gasteiger partial charge in [-0.3, -0.25) is 4.79 Å². The predicted molar refractivity (Wildman–Crippen MR) is 116 cm³/mol. The summed E-state index contributed by atoms with van der Waals surface area (Å²) in [4.78, 5) is 21.7. The Balaban J connectivity index is 1.61. The molecule has 1 aliphatic rings. The maximum Gasteiger partial charge on any atom is 0.296 e. The fourth-order valence-electron chi connectivity index (χ4n) is 3.76. The van der Waals surface area contributed by atoms with Crippen LogP contribution in [0.5, 0.6) is 0 Å². The number of amides is 1. The zero-order valence-corrected chi connectivity index (χ0v) is 18.1. The van der Waals surface area contributed by atoms with Gasteiger partial charge in [-0.2, -0.15) is 9.61 Å². The van der Waals surface area contributed by atoms with Gasteiger partial charge in [0, 0.05) is 36.8 Å². The molecule has 10 nitrogen and oxygen atoms in total. The van der Waals surface area contributed by atoms with E-state index < -0.39 is 5.91 Å². The van der Waals surface area contributed by atoms with Gasteiger partial charge in [0.25, 0.3) is 11.7 Å². The molecule has 1 atom stereocenters. The smallest absolute Gasteiger partial charge is 0.296 e. The van der Waals surface area contributed by atoms with E-state index in [1.165, 1.54) is 6.20 Å². The highest BCUT2D eigenvalue weighted by Crippen LogP contribution is 2.34. The SMILES string of the molecule is [C-]#[N+]c1ccc(N2CC[C@@H](Nc3c(C(N)=O)cnc4cc(Br)nn34)C(C)(C)C2)nn1. The molecule has 4 rings (SSSR count). The molecule has 0 aromatic carbocycles. The van der Waals surface area contributed by atoms with Crippen LogP contribution in [0.2, 0.25) is 0 Å². The van der Waals surface area contributed by atoms with Gasteiger partial charge in [-0.25, -0.2) is 4.98 Å². The largest absolute Gasteiger partial charge is 0.366 e. The van der Waals surface area contributed by atoms with E-state index in [9.17, 15) is 4.79 Å². The summed E-state index contributed by atoms with van der Waals surface area (Å²) < 4.78 is 2.22. The van der Waals surface area contributed by atoms with Crippen molar-refractivity contribution < 1.29 is 4.79 Å². The Bertz CT molecular complexity index is 1150. The van der Waals surface area contributed by atoms with E-state index in [0.29, 0.717) is 16.1 Å². The molecule has 4 heterocycles. The van der Waals surface area contributed by atoms with Crippen molar-refractivity contribution in [2.45, 2.75) is 26.3 Å². The van der Waals surface area contributed by atoms with Gasteiger partial charge in [-0.1, -0.05) is 20.4 Å². The molecule has 0 aliphatic carbocycles. The lowest BCUT2D eigenvalue weighted by atomic mass is 9.79. The first-order chi connectivity index (χ1) is 14.3. The van der Waals surface area contributed by atoms with Crippen molar-refractivity contribution in [1.82, 2.24) is 24.8 Å². The Hall–Kier alpha value is -3.26. The molecular weight excluding hydrogens is 450 g/mol. The molecule has 0 radical (unpaired) electrons. The molecule has 1 amide bonds. The van der Waals surface area contributed by atoms with Gasteiger partial charge in [0.05, 0.1) is 5.56 Å². The van der Waals surface area contributed by atoms with Crippen molar-refractivity contribution in [3.05, 3.63) is 46.0 Å². The summed E-state index contributed by atoms with van der Waals surface area (Å²) in [6.07, 6.45) is 2.27. The number of nitrogens with two attached hydrogens (primary N) is 1. The van der Waals surface area contributed by atoms with E-state index in [1.807, 2.05) is 6.07 Å². The number of aromatic nitrogens is 5. The lowest BCUT2D eigenvalue weighted by Crippen LogP contribution is -2.52. The number of fused-ring (bicyclic) bond motifs is 1. The lowest BCUT2D eigenvalue weighted by molar-refractivity contribution is 0.1000. The third kappa shape index (κ3) is 3.66. The molecule has 3 aromatic rings. The molecule has 1 saturated heterocycles. The number of nitrogens with zero attached hydrogens (tertiary/aromatic N) is 7. The van der Waals surface area contributed by atoms with Crippen molar-refractivity contribution >= 4 is 44.9 Å². The number of hydrogen-bond acceptors (Lipinski definition) is 7. The Kier molecular flexibility index (Phi) is 5.03. The minimum absolute atomic E-state index is 0.0518. The first-order valence-corrected chi connectivity index (χ1v) is 10.1. The standard InChI is InChI=1S/C19H20BrN9O/c1-19(2)10-28(15-5-4-14(22-3)25-26-15)7-6-12(19)24-18-11(17(21)30)9-23-16-8-13(20)27-29(16)18/h4-5,8-9,12,24H,6-7,10H2,1-2H3,(H2,21,30)/t12-/m1/s1. The van der Waals surface area contributed by atoms with Crippen molar-refractivity contribution in [2.75, 3.05) is 23.3 Å². The molecule has 1 fully saturated rings. The van der Waals surface area contributed by atoms with Crippen LogP contribution in [0.1, 0.15) is 30.6 Å². The summed E-state index contributed by atoms with van der Waals surface area (Å²) in [5, 5.41) is 16.0. The average molecular weight is 470 g/mol. The average Bonchev–Trinajstić information content (AvgIpc) is 3.09. The van der Waals surface area contributed by atoms with Crippen LogP contribution in [0.15, 0.2) is 29.0 Å². The number of hydrogen-bond donors (Lipinski definition) is 2. The Morgan fingerprint density at radius 3 is 2.83 bits per heavy atom. The highest BCUT2D eigenvalue weighted by molar-refractivity contribution is 9.10. The number of anilines is 2. The van der Waals surface area contributed by atoms with Crippen LogP contribution < -0.4 is 16.0 Å². The monoisotopic (exact) mass is 469 g/mol. The molecule has 30 heavy (non-hydrogen) atoms. The van der Waals surface area contributed by atoms with Crippen LogP contribution in [0.25, 0.3) is 10.5 Å². The number of piperidine rings is 1. The summed E-state index contributed by atoms with van der Waals surface area (Å²) in [7, 11) is 0. The van der Waals surface area contributed by atoms with E-state index >= 15 is 0 Å². The van der Waals surface area contributed by atoms with Crippen LogP contribution in [-0.4, -0.2) is 49.8 Å². The highest BCUT2D eigenvalue weighted by Gasteiger charge is 2.37. The third-order valence-electron chi connectivity index (χ3n) is 5.33. The molecule has 3 N–H and O–H groups in total. The maximum absolute atomic E-state index is 12.0. The fourth-order valence-corrected chi connectivity index (χ4v) is 4.12. The van der Waals surface area contributed by atoms with E-state index in [-0.39, 0.29) is 22.8 Å². The van der Waals surface area contributed by atoms with E-state index in [0.717, 1.165) is 25.3 Å². The Labute approximate surface area is 181 Å². The van der Waals surface area contributed by atoms with Gasteiger partial charge < -0.3 is 20.8 Å². The minimum Gasteiger partial charge on any atom is -0.366 e. The third-order valence-corrected chi connectivity index (χ3v) is 5.72. The number of halogens is 1. The van der Waals surface area contributed by atoms with Crippen LogP contribution in [0.4, 0.5) is 17.5 Å².